The first-order valence-corrected chi connectivity index (χ1v) is 8.04. The number of nitrogens with one attached hydrogen (secondary N) is 1. The van der Waals surface area contributed by atoms with E-state index in [4.69, 9.17) is 4.98 Å². The highest BCUT2D eigenvalue weighted by molar-refractivity contribution is 5.94. The van der Waals surface area contributed by atoms with Gasteiger partial charge in [0, 0.05) is 31.4 Å². The maximum Gasteiger partial charge on any atom is 0.251 e. The van der Waals surface area contributed by atoms with Crippen LogP contribution in [-0.4, -0.2) is 45.6 Å². The Balaban J connectivity index is 1.73. The summed E-state index contributed by atoms with van der Waals surface area (Å²) in [5.74, 6) is 0.652. The minimum atomic E-state index is -0.101. The fraction of sp³-hybridized carbons (Fsp3) is 0.294. The monoisotopic (exact) mass is 322 g/mol. The van der Waals surface area contributed by atoms with Crippen molar-refractivity contribution in [2.24, 2.45) is 0 Å². The van der Waals surface area contributed by atoms with Gasteiger partial charge in [-0.1, -0.05) is 0 Å². The van der Waals surface area contributed by atoms with Gasteiger partial charge in [0.2, 0.25) is 5.95 Å². The first kappa shape index (κ1) is 14.6. The van der Waals surface area contributed by atoms with Crippen LogP contribution < -0.4 is 10.2 Å². The molecule has 24 heavy (non-hydrogen) atoms. The topological polar surface area (TPSA) is 75.9 Å². The third kappa shape index (κ3) is 2.47. The third-order valence-electron chi connectivity index (χ3n) is 4.30. The number of rotatable bonds is 3. The van der Waals surface area contributed by atoms with Crippen molar-refractivity contribution in [3.05, 3.63) is 42.4 Å². The number of imidazole rings is 1. The van der Waals surface area contributed by atoms with Crippen LogP contribution in [-0.2, 0) is 0 Å². The van der Waals surface area contributed by atoms with Crippen LogP contribution in [0.3, 0.4) is 0 Å². The van der Waals surface area contributed by atoms with Crippen molar-refractivity contribution >= 4 is 23.0 Å². The number of hydrogen-bond acceptors (Lipinski definition) is 5. The normalized spacial score (nSPS) is 14.3. The van der Waals surface area contributed by atoms with Crippen LogP contribution in [0.4, 0.5) is 5.95 Å². The van der Waals surface area contributed by atoms with Gasteiger partial charge in [-0.25, -0.2) is 9.97 Å². The Bertz CT molecular complexity index is 880. The molecule has 0 aliphatic carbocycles. The third-order valence-corrected chi connectivity index (χ3v) is 4.30. The molecular formula is C17H18N6O. The summed E-state index contributed by atoms with van der Waals surface area (Å²) in [6.07, 6.45) is 5.87. The molecule has 7 nitrogen and oxygen atoms in total. The Morgan fingerprint density at radius 3 is 2.58 bits per heavy atom. The van der Waals surface area contributed by atoms with Crippen molar-refractivity contribution in [3.8, 4) is 5.69 Å². The molecule has 1 amide bonds. The lowest BCUT2D eigenvalue weighted by atomic mass is 10.2. The maximum absolute atomic E-state index is 11.7. The molecular weight excluding hydrogens is 304 g/mol. The molecule has 1 N–H and O–H groups in total. The van der Waals surface area contributed by atoms with Gasteiger partial charge in [-0.2, -0.15) is 4.98 Å². The van der Waals surface area contributed by atoms with E-state index in [2.05, 4.69) is 20.2 Å². The smallest absolute Gasteiger partial charge is 0.251 e. The van der Waals surface area contributed by atoms with Crippen molar-refractivity contribution in [2.75, 3.05) is 25.0 Å². The van der Waals surface area contributed by atoms with E-state index >= 15 is 0 Å². The van der Waals surface area contributed by atoms with Gasteiger partial charge in [-0.15, -0.1) is 0 Å². The molecule has 1 aliphatic heterocycles. The highest BCUT2D eigenvalue weighted by Gasteiger charge is 2.17. The van der Waals surface area contributed by atoms with E-state index in [-0.39, 0.29) is 5.91 Å². The summed E-state index contributed by atoms with van der Waals surface area (Å²) in [7, 11) is 1.62. The molecule has 0 bridgehead atoms. The number of carbonyl (C=O) groups is 1. The standard InChI is InChI=1S/C17H18N6O/c1-18-16(24)12-4-6-13(7-5-12)23-11-20-14-10-19-17(21-15(14)23)22-8-2-3-9-22/h4-7,10-11H,2-3,8-9H2,1H3,(H,18,24). The predicted molar refractivity (Wildman–Crippen MR) is 91.5 cm³/mol. The number of carbonyl (C=O) groups excluding carboxylic acids is 1. The van der Waals surface area contributed by atoms with Crippen molar-refractivity contribution in [2.45, 2.75) is 12.8 Å². The molecule has 122 valence electrons. The molecule has 0 saturated carbocycles. The van der Waals surface area contributed by atoms with E-state index < -0.39 is 0 Å². The Labute approximate surface area is 139 Å². The summed E-state index contributed by atoms with van der Waals surface area (Å²) in [6, 6.07) is 7.37. The highest BCUT2D eigenvalue weighted by Crippen LogP contribution is 2.21. The number of benzene rings is 1. The maximum atomic E-state index is 11.7. The van der Waals surface area contributed by atoms with E-state index in [1.807, 2.05) is 16.7 Å². The average Bonchev–Trinajstić information content (AvgIpc) is 3.30. The molecule has 4 rings (SSSR count). The van der Waals surface area contributed by atoms with Gasteiger partial charge in [0.15, 0.2) is 5.65 Å². The van der Waals surface area contributed by atoms with Crippen LogP contribution in [0.2, 0.25) is 0 Å². The summed E-state index contributed by atoms with van der Waals surface area (Å²) in [5, 5.41) is 2.62. The zero-order valence-corrected chi connectivity index (χ0v) is 13.4. The first-order chi connectivity index (χ1) is 11.8. The molecule has 1 aromatic carbocycles. The molecule has 1 fully saturated rings. The van der Waals surface area contributed by atoms with Crippen molar-refractivity contribution < 1.29 is 4.79 Å². The number of anilines is 1. The number of hydrogen-bond donors (Lipinski definition) is 1. The number of aromatic nitrogens is 4. The minimum Gasteiger partial charge on any atom is -0.355 e. The van der Waals surface area contributed by atoms with Gasteiger partial charge >= 0.3 is 0 Å². The Morgan fingerprint density at radius 2 is 1.88 bits per heavy atom. The summed E-state index contributed by atoms with van der Waals surface area (Å²) in [4.78, 5) is 27.4. The molecule has 3 aromatic rings. The zero-order valence-electron chi connectivity index (χ0n) is 13.4. The molecule has 0 atom stereocenters. The van der Waals surface area contributed by atoms with Gasteiger partial charge in [0.05, 0.1) is 6.20 Å². The quantitative estimate of drug-likeness (QED) is 0.795. The lowest BCUT2D eigenvalue weighted by molar-refractivity contribution is 0.0963. The number of amides is 1. The highest BCUT2D eigenvalue weighted by atomic mass is 16.1. The van der Waals surface area contributed by atoms with Gasteiger partial charge in [-0.05, 0) is 37.1 Å². The van der Waals surface area contributed by atoms with Crippen molar-refractivity contribution in [3.63, 3.8) is 0 Å². The van der Waals surface area contributed by atoms with E-state index in [0.717, 1.165) is 35.9 Å². The van der Waals surface area contributed by atoms with Crippen LogP contribution in [0.1, 0.15) is 23.2 Å². The summed E-state index contributed by atoms with van der Waals surface area (Å²) in [5.41, 5.74) is 3.07. The second-order valence-corrected chi connectivity index (χ2v) is 5.81. The van der Waals surface area contributed by atoms with Crippen LogP contribution >= 0.6 is 0 Å². The summed E-state index contributed by atoms with van der Waals surface area (Å²) >= 11 is 0. The molecule has 7 heteroatoms. The Hall–Kier alpha value is -2.96. The molecule has 3 heterocycles. The van der Waals surface area contributed by atoms with Gasteiger partial charge < -0.3 is 10.2 Å². The minimum absolute atomic E-state index is 0.101. The van der Waals surface area contributed by atoms with E-state index in [0.29, 0.717) is 5.56 Å². The fourth-order valence-corrected chi connectivity index (χ4v) is 2.98. The van der Waals surface area contributed by atoms with Crippen molar-refractivity contribution in [1.29, 1.82) is 0 Å². The van der Waals surface area contributed by atoms with Gasteiger partial charge in [-0.3, -0.25) is 9.36 Å². The average molecular weight is 322 g/mol. The van der Waals surface area contributed by atoms with Crippen LogP contribution in [0.25, 0.3) is 16.9 Å². The molecule has 0 radical (unpaired) electrons. The van der Waals surface area contributed by atoms with Crippen LogP contribution in [0.15, 0.2) is 36.8 Å². The summed E-state index contributed by atoms with van der Waals surface area (Å²) in [6.45, 7) is 2.00. The molecule has 1 saturated heterocycles. The van der Waals surface area contributed by atoms with E-state index in [1.165, 1.54) is 12.8 Å². The molecule has 0 spiro atoms. The predicted octanol–water partition coefficient (Wildman–Crippen LogP) is 1.78. The van der Waals surface area contributed by atoms with Gasteiger partial charge in [0.1, 0.15) is 11.8 Å². The van der Waals surface area contributed by atoms with E-state index in [9.17, 15) is 4.79 Å². The zero-order chi connectivity index (χ0) is 16.5. The van der Waals surface area contributed by atoms with Crippen LogP contribution in [0.5, 0.6) is 0 Å². The molecule has 2 aromatic heterocycles. The molecule has 0 unspecified atom stereocenters. The first-order valence-electron chi connectivity index (χ1n) is 8.04. The van der Waals surface area contributed by atoms with E-state index in [1.54, 1.807) is 31.7 Å². The molecule has 1 aliphatic rings. The van der Waals surface area contributed by atoms with Gasteiger partial charge in [0.25, 0.3) is 5.91 Å². The van der Waals surface area contributed by atoms with Crippen molar-refractivity contribution in [1.82, 2.24) is 24.8 Å². The second-order valence-electron chi connectivity index (χ2n) is 5.81. The fourth-order valence-electron chi connectivity index (χ4n) is 2.98. The lowest BCUT2D eigenvalue weighted by Gasteiger charge is -2.14. The number of fused-ring (bicyclic) bond motifs is 1. The second kappa shape index (κ2) is 5.92. The lowest BCUT2D eigenvalue weighted by Crippen LogP contribution is -2.20. The Morgan fingerprint density at radius 1 is 1.12 bits per heavy atom. The number of nitrogens with zero attached hydrogens (tertiary/aromatic N) is 5. The Kier molecular flexibility index (Phi) is 3.60. The summed E-state index contributed by atoms with van der Waals surface area (Å²) < 4.78 is 1.92. The SMILES string of the molecule is CNC(=O)c1ccc(-n2cnc3cnc(N4CCCC4)nc32)cc1. The largest absolute Gasteiger partial charge is 0.355 e. The van der Waals surface area contributed by atoms with Crippen LogP contribution in [0, 0.1) is 0 Å².